The highest BCUT2D eigenvalue weighted by Crippen LogP contribution is 2.60. The number of rotatable bonds is 5. The average Bonchev–Trinajstić information content (AvgIpc) is 2.72. The molecule has 0 spiro atoms. The topological polar surface area (TPSA) is 71.1 Å². The smallest absolute Gasteiger partial charge is 0.255 e. The van der Waals surface area contributed by atoms with E-state index in [4.69, 9.17) is 0 Å². The molecule has 2 aromatic rings. The fourth-order valence-electron chi connectivity index (χ4n) is 6.17. The fraction of sp³-hybridized carbons (Fsp3) is 0.458. The molecule has 5 heteroatoms. The second kappa shape index (κ2) is 7.29. The van der Waals surface area contributed by atoms with Crippen molar-refractivity contribution in [1.29, 1.82) is 0 Å². The lowest BCUT2D eigenvalue weighted by Crippen LogP contribution is -2.53. The zero-order valence-electron chi connectivity index (χ0n) is 16.6. The van der Waals surface area contributed by atoms with E-state index in [-0.39, 0.29) is 17.2 Å². The van der Waals surface area contributed by atoms with Gasteiger partial charge in [0.15, 0.2) is 0 Å². The predicted molar refractivity (Wildman–Crippen MR) is 111 cm³/mol. The number of pyridine rings is 1. The van der Waals surface area contributed by atoms with Gasteiger partial charge in [0.2, 0.25) is 5.91 Å². The summed E-state index contributed by atoms with van der Waals surface area (Å²) in [6.07, 6.45) is 10.6. The Morgan fingerprint density at radius 3 is 2.07 bits per heavy atom. The summed E-state index contributed by atoms with van der Waals surface area (Å²) >= 11 is 0. The normalized spacial score (nSPS) is 29.4. The second-order valence-corrected chi connectivity index (χ2v) is 9.27. The maximum atomic E-state index is 13.1. The molecule has 1 heterocycles. The van der Waals surface area contributed by atoms with E-state index in [1.54, 1.807) is 24.5 Å². The van der Waals surface area contributed by atoms with Gasteiger partial charge in [0.05, 0.1) is 0 Å². The van der Waals surface area contributed by atoms with Crippen LogP contribution in [0.15, 0.2) is 48.8 Å². The number of aromatic nitrogens is 1. The van der Waals surface area contributed by atoms with Crippen molar-refractivity contribution in [2.45, 2.75) is 45.1 Å². The summed E-state index contributed by atoms with van der Waals surface area (Å²) in [5, 5.41) is 6.05. The van der Waals surface area contributed by atoms with Crippen molar-refractivity contribution >= 4 is 17.5 Å². The van der Waals surface area contributed by atoms with Gasteiger partial charge in [-0.15, -0.1) is 0 Å². The minimum atomic E-state index is -0.152. The Kier molecular flexibility index (Phi) is 4.61. The lowest BCUT2D eigenvalue weighted by molar-refractivity contribution is -0.146. The predicted octanol–water partition coefficient (Wildman–Crippen LogP) is 4.17. The highest BCUT2D eigenvalue weighted by molar-refractivity contribution is 6.04. The van der Waals surface area contributed by atoms with Crippen LogP contribution in [0.1, 0.15) is 54.4 Å². The van der Waals surface area contributed by atoms with Gasteiger partial charge < -0.3 is 10.6 Å². The van der Waals surface area contributed by atoms with Gasteiger partial charge in [-0.3, -0.25) is 14.6 Å². The van der Waals surface area contributed by atoms with Crippen LogP contribution in [0.5, 0.6) is 0 Å². The van der Waals surface area contributed by atoms with Crippen LogP contribution in [0.3, 0.4) is 0 Å². The van der Waals surface area contributed by atoms with E-state index in [0.29, 0.717) is 12.1 Å². The molecule has 2 amide bonds. The SMILES string of the molecule is O=C(Nc1ccncc1)c1ccc(CNC(=O)C23CC4CC(CC(C4)C2)C3)cc1. The molecule has 4 bridgehead atoms. The van der Waals surface area contributed by atoms with Gasteiger partial charge in [0, 0.05) is 35.6 Å². The van der Waals surface area contributed by atoms with Crippen molar-refractivity contribution in [3.8, 4) is 0 Å². The Balaban J connectivity index is 1.18. The summed E-state index contributed by atoms with van der Waals surface area (Å²) in [6, 6.07) is 11.0. The number of hydrogen-bond acceptors (Lipinski definition) is 3. The van der Waals surface area contributed by atoms with E-state index in [9.17, 15) is 9.59 Å². The standard InChI is InChI=1S/C24H27N3O2/c28-22(27-21-5-7-25-8-6-21)20-3-1-16(2-4-20)15-26-23(29)24-12-17-9-18(13-24)11-19(10-17)14-24/h1-8,17-19H,9-15H2,(H,26,29)(H,25,27,28). The minimum absolute atomic E-state index is 0.112. The lowest BCUT2D eigenvalue weighted by Gasteiger charge is -2.55. The first-order chi connectivity index (χ1) is 14.1. The molecular formula is C24H27N3O2. The Morgan fingerprint density at radius 1 is 0.897 bits per heavy atom. The fourth-order valence-corrected chi connectivity index (χ4v) is 6.17. The van der Waals surface area contributed by atoms with Gasteiger partial charge in [-0.25, -0.2) is 0 Å². The molecule has 4 aliphatic carbocycles. The Labute approximate surface area is 171 Å². The molecule has 4 aliphatic rings. The molecule has 0 aliphatic heterocycles. The van der Waals surface area contributed by atoms with Crippen molar-refractivity contribution < 1.29 is 9.59 Å². The maximum Gasteiger partial charge on any atom is 0.255 e. The molecule has 150 valence electrons. The molecule has 1 aromatic heterocycles. The first-order valence-corrected chi connectivity index (χ1v) is 10.7. The molecule has 0 unspecified atom stereocenters. The van der Waals surface area contributed by atoms with Crippen LogP contribution in [-0.4, -0.2) is 16.8 Å². The van der Waals surface area contributed by atoms with Crippen LogP contribution in [-0.2, 0) is 11.3 Å². The lowest BCUT2D eigenvalue weighted by atomic mass is 9.49. The van der Waals surface area contributed by atoms with Crippen LogP contribution in [0, 0.1) is 23.2 Å². The third kappa shape index (κ3) is 3.66. The van der Waals surface area contributed by atoms with Gasteiger partial charge in [0.25, 0.3) is 5.91 Å². The highest BCUT2D eigenvalue weighted by atomic mass is 16.2. The largest absolute Gasteiger partial charge is 0.352 e. The number of carbonyl (C=O) groups excluding carboxylic acids is 2. The van der Waals surface area contributed by atoms with E-state index < -0.39 is 0 Å². The van der Waals surface area contributed by atoms with E-state index in [2.05, 4.69) is 15.6 Å². The summed E-state index contributed by atoms with van der Waals surface area (Å²) in [5.41, 5.74) is 2.22. The quantitative estimate of drug-likeness (QED) is 0.806. The number of anilines is 1. The number of nitrogens with one attached hydrogen (secondary N) is 2. The van der Waals surface area contributed by atoms with Crippen LogP contribution >= 0.6 is 0 Å². The highest BCUT2D eigenvalue weighted by Gasteiger charge is 2.54. The monoisotopic (exact) mass is 389 g/mol. The Hall–Kier alpha value is -2.69. The average molecular weight is 389 g/mol. The molecule has 0 atom stereocenters. The molecule has 4 fully saturated rings. The third-order valence-electron chi connectivity index (χ3n) is 7.13. The Bertz CT molecular complexity index is 872. The first kappa shape index (κ1) is 18.3. The zero-order valence-corrected chi connectivity index (χ0v) is 16.6. The zero-order chi connectivity index (χ0) is 19.8. The van der Waals surface area contributed by atoms with Crippen LogP contribution in [0.25, 0.3) is 0 Å². The summed E-state index contributed by atoms with van der Waals surface area (Å²) in [7, 11) is 0. The summed E-state index contributed by atoms with van der Waals surface area (Å²) < 4.78 is 0. The molecule has 29 heavy (non-hydrogen) atoms. The van der Waals surface area contributed by atoms with Gasteiger partial charge in [0.1, 0.15) is 0 Å². The molecule has 0 radical (unpaired) electrons. The van der Waals surface area contributed by atoms with Crippen molar-refractivity contribution in [2.24, 2.45) is 23.2 Å². The van der Waals surface area contributed by atoms with E-state index in [1.807, 2.05) is 24.3 Å². The molecule has 1 aromatic carbocycles. The van der Waals surface area contributed by atoms with Gasteiger partial charge in [-0.2, -0.15) is 0 Å². The maximum absolute atomic E-state index is 13.1. The molecule has 0 saturated heterocycles. The van der Waals surface area contributed by atoms with Crippen LogP contribution < -0.4 is 10.6 Å². The van der Waals surface area contributed by atoms with E-state index >= 15 is 0 Å². The molecule has 2 N–H and O–H groups in total. The first-order valence-electron chi connectivity index (χ1n) is 10.7. The van der Waals surface area contributed by atoms with Gasteiger partial charge in [-0.05, 0) is 86.1 Å². The molecule has 5 nitrogen and oxygen atoms in total. The number of carbonyl (C=O) groups is 2. The van der Waals surface area contributed by atoms with Crippen molar-refractivity contribution in [1.82, 2.24) is 10.3 Å². The third-order valence-corrected chi connectivity index (χ3v) is 7.13. The summed E-state index contributed by atoms with van der Waals surface area (Å²) in [5.74, 6) is 2.40. The van der Waals surface area contributed by atoms with Crippen LogP contribution in [0.2, 0.25) is 0 Å². The summed E-state index contributed by atoms with van der Waals surface area (Å²) in [6.45, 7) is 0.521. The van der Waals surface area contributed by atoms with Gasteiger partial charge >= 0.3 is 0 Å². The van der Waals surface area contributed by atoms with Gasteiger partial charge in [-0.1, -0.05) is 12.1 Å². The second-order valence-electron chi connectivity index (χ2n) is 9.27. The Morgan fingerprint density at radius 2 is 1.48 bits per heavy atom. The summed E-state index contributed by atoms with van der Waals surface area (Å²) in [4.78, 5) is 29.4. The van der Waals surface area contributed by atoms with E-state index in [0.717, 1.165) is 48.3 Å². The van der Waals surface area contributed by atoms with E-state index in [1.165, 1.54) is 19.3 Å². The number of hydrogen-bond donors (Lipinski definition) is 2. The molecule has 6 rings (SSSR count). The molecule has 4 saturated carbocycles. The minimum Gasteiger partial charge on any atom is -0.352 e. The number of nitrogens with zero attached hydrogens (tertiary/aromatic N) is 1. The van der Waals surface area contributed by atoms with Crippen molar-refractivity contribution in [3.63, 3.8) is 0 Å². The van der Waals surface area contributed by atoms with Crippen molar-refractivity contribution in [2.75, 3.05) is 5.32 Å². The molecular weight excluding hydrogens is 362 g/mol. The number of benzene rings is 1. The number of amides is 2. The van der Waals surface area contributed by atoms with Crippen LogP contribution in [0.4, 0.5) is 5.69 Å². The van der Waals surface area contributed by atoms with Crippen molar-refractivity contribution in [3.05, 3.63) is 59.9 Å².